The van der Waals surface area contributed by atoms with Gasteiger partial charge in [-0.05, 0) is 33.4 Å². The third-order valence-electron chi connectivity index (χ3n) is 2.78. The highest BCUT2D eigenvalue weighted by molar-refractivity contribution is 5.45. The zero-order valence-electron chi connectivity index (χ0n) is 8.95. The molecule has 14 heavy (non-hydrogen) atoms. The lowest BCUT2D eigenvalue weighted by Gasteiger charge is -2.10. The van der Waals surface area contributed by atoms with Gasteiger partial charge in [0, 0.05) is 12.1 Å². The third-order valence-corrected chi connectivity index (χ3v) is 2.78. The van der Waals surface area contributed by atoms with E-state index in [1.165, 1.54) is 17.7 Å². The number of nitrogens with two attached hydrogens (primary N) is 1. The van der Waals surface area contributed by atoms with Crippen LogP contribution < -0.4 is 5.73 Å². The van der Waals surface area contributed by atoms with Crippen LogP contribution in [-0.4, -0.2) is 35.3 Å². The predicted octanol–water partition coefficient (Wildman–Crippen LogP) is 0.516. The quantitative estimate of drug-likeness (QED) is 0.763. The summed E-state index contributed by atoms with van der Waals surface area (Å²) in [6, 6.07) is 0. The lowest BCUT2D eigenvalue weighted by Crippen LogP contribution is -2.20. The van der Waals surface area contributed by atoms with Crippen LogP contribution in [0.1, 0.15) is 17.7 Å². The van der Waals surface area contributed by atoms with Gasteiger partial charge in [0.15, 0.2) is 0 Å². The summed E-state index contributed by atoms with van der Waals surface area (Å²) in [5, 5.41) is 4.53. The zero-order chi connectivity index (χ0) is 10.1. The van der Waals surface area contributed by atoms with Crippen LogP contribution in [0.3, 0.4) is 0 Å². The third kappa shape index (κ3) is 1.62. The van der Waals surface area contributed by atoms with Gasteiger partial charge < -0.3 is 10.6 Å². The fourth-order valence-electron chi connectivity index (χ4n) is 1.93. The average molecular weight is 194 g/mol. The Labute approximate surface area is 84.7 Å². The number of hydrogen-bond donors (Lipinski definition) is 1. The average Bonchev–Trinajstić information content (AvgIpc) is 2.66. The number of likely N-dealkylation sites (N-methyl/N-ethyl adjacent to an activating group) is 1. The number of fused-ring (bicyclic) bond motifs is 1. The van der Waals surface area contributed by atoms with Gasteiger partial charge in [-0.1, -0.05) is 0 Å². The normalized spacial score (nSPS) is 15.1. The topological polar surface area (TPSA) is 47.1 Å². The van der Waals surface area contributed by atoms with Crippen molar-refractivity contribution in [1.29, 1.82) is 0 Å². The van der Waals surface area contributed by atoms with E-state index in [4.69, 9.17) is 5.73 Å². The molecule has 1 heterocycles. The molecular formula is C10H18N4. The molecular weight excluding hydrogens is 176 g/mol. The van der Waals surface area contributed by atoms with E-state index in [0.717, 1.165) is 31.7 Å². The van der Waals surface area contributed by atoms with Crippen molar-refractivity contribution in [3.8, 4) is 0 Å². The van der Waals surface area contributed by atoms with Crippen molar-refractivity contribution in [2.75, 3.05) is 26.4 Å². The van der Waals surface area contributed by atoms with Gasteiger partial charge in [-0.15, -0.1) is 0 Å². The highest BCUT2D eigenvalue weighted by Gasteiger charge is 2.19. The van der Waals surface area contributed by atoms with Crippen molar-refractivity contribution in [3.05, 3.63) is 11.3 Å². The van der Waals surface area contributed by atoms with Gasteiger partial charge in [0.05, 0.1) is 12.2 Å². The Morgan fingerprint density at radius 2 is 2.21 bits per heavy atom. The fourth-order valence-corrected chi connectivity index (χ4v) is 1.93. The summed E-state index contributed by atoms with van der Waals surface area (Å²) in [6.45, 7) is 1.89. The van der Waals surface area contributed by atoms with E-state index in [9.17, 15) is 0 Å². The molecule has 0 bridgehead atoms. The van der Waals surface area contributed by atoms with Crippen LogP contribution in [0, 0.1) is 0 Å². The molecule has 0 saturated heterocycles. The molecule has 0 aromatic carbocycles. The SMILES string of the molecule is CN(C)CCn1nc2c(c1N)CCC2. The minimum Gasteiger partial charge on any atom is -0.384 e. The molecule has 2 rings (SSSR count). The van der Waals surface area contributed by atoms with E-state index in [-0.39, 0.29) is 0 Å². The Balaban J connectivity index is 2.12. The second kappa shape index (κ2) is 3.61. The van der Waals surface area contributed by atoms with Crippen LogP contribution >= 0.6 is 0 Å². The second-order valence-corrected chi connectivity index (χ2v) is 4.19. The predicted molar refractivity (Wildman–Crippen MR) is 57.2 cm³/mol. The maximum absolute atomic E-state index is 6.02. The van der Waals surface area contributed by atoms with E-state index in [1.807, 2.05) is 4.68 Å². The summed E-state index contributed by atoms with van der Waals surface area (Å²) in [5.41, 5.74) is 8.54. The number of nitrogen functional groups attached to an aromatic ring is 1. The monoisotopic (exact) mass is 194 g/mol. The molecule has 1 aliphatic rings. The van der Waals surface area contributed by atoms with E-state index in [1.54, 1.807) is 0 Å². The number of aromatic nitrogens is 2. The molecule has 0 atom stereocenters. The van der Waals surface area contributed by atoms with Gasteiger partial charge in [-0.2, -0.15) is 5.10 Å². The molecule has 4 heteroatoms. The smallest absolute Gasteiger partial charge is 0.125 e. The van der Waals surface area contributed by atoms with E-state index in [0.29, 0.717) is 0 Å². The summed E-state index contributed by atoms with van der Waals surface area (Å²) in [5.74, 6) is 0.888. The number of anilines is 1. The number of aryl methyl sites for hydroxylation is 1. The summed E-state index contributed by atoms with van der Waals surface area (Å²) in [7, 11) is 4.13. The second-order valence-electron chi connectivity index (χ2n) is 4.19. The van der Waals surface area contributed by atoms with Gasteiger partial charge in [0.2, 0.25) is 0 Å². The first-order valence-corrected chi connectivity index (χ1v) is 5.17. The maximum Gasteiger partial charge on any atom is 0.125 e. The van der Waals surface area contributed by atoms with Crippen LogP contribution in [0.2, 0.25) is 0 Å². The van der Waals surface area contributed by atoms with Crippen LogP contribution in [0.25, 0.3) is 0 Å². The van der Waals surface area contributed by atoms with Gasteiger partial charge in [-0.3, -0.25) is 0 Å². The Morgan fingerprint density at radius 3 is 2.86 bits per heavy atom. The summed E-state index contributed by atoms with van der Waals surface area (Å²) in [6.07, 6.45) is 3.44. The first kappa shape index (κ1) is 9.52. The number of rotatable bonds is 3. The Kier molecular flexibility index (Phi) is 2.46. The minimum absolute atomic E-state index is 0.888. The zero-order valence-corrected chi connectivity index (χ0v) is 8.95. The largest absolute Gasteiger partial charge is 0.384 e. The van der Waals surface area contributed by atoms with Gasteiger partial charge in [0.25, 0.3) is 0 Å². The van der Waals surface area contributed by atoms with E-state index in [2.05, 4.69) is 24.1 Å². The molecule has 1 aromatic heterocycles. The van der Waals surface area contributed by atoms with Crippen molar-refractivity contribution < 1.29 is 0 Å². The lowest BCUT2D eigenvalue weighted by molar-refractivity contribution is 0.374. The molecule has 0 aliphatic heterocycles. The van der Waals surface area contributed by atoms with Crippen LogP contribution in [0.4, 0.5) is 5.82 Å². The molecule has 0 amide bonds. The van der Waals surface area contributed by atoms with Crippen LogP contribution in [-0.2, 0) is 19.4 Å². The van der Waals surface area contributed by atoms with Crippen molar-refractivity contribution >= 4 is 5.82 Å². The Hall–Kier alpha value is -1.03. The maximum atomic E-state index is 6.02. The van der Waals surface area contributed by atoms with Gasteiger partial charge in [0.1, 0.15) is 5.82 Å². The van der Waals surface area contributed by atoms with Gasteiger partial charge in [-0.25, -0.2) is 4.68 Å². The number of nitrogens with zero attached hydrogens (tertiary/aromatic N) is 3. The standard InChI is InChI=1S/C10H18N4/c1-13(2)6-7-14-10(11)8-4-3-5-9(8)12-14/h3-7,11H2,1-2H3. The molecule has 0 unspecified atom stereocenters. The van der Waals surface area contributed by atoms with Crippen molar-refractivity contribution in [3.63, 3.8) is 0 Å². The van der Waals surface area contributed by atoms with Crippen molar-refractivity contribution in [2.24, 2.45) is 0 Å². The molecule has 0 radical (unpaired) electrons. The summed E-state index contributed by atoms with van der Waals surface area (Å²) < 4.78 is 1.95. The first-order valence-electron chi connectivity index (χ1n) is 5.17. The molecule has 78 valence electrons. The van der Waals surface area contributed by atoms with E-state index < -0.39 is 0 Å². The Morgan fingerprint density at radius 1 is 1.43 bits per heavy atom. The lowest BCUT2D eigenvalue weighted by atomic mass is 10.2. The summed E-state index contributed by atoms with van der Waals surface area (Å²) in [4.78, 5) is 2.15. The van der Waals surface area contributed by atoms with Gasteiger partial charge >= 0.3 is 0 Å². The minimum atomic E-state index is 0.888. The number of hydrogen-bond acceptors (Lipinski definition) is 3. The summed E-state index contributed by atoms with van der Waals surface area (Å²) >= 11 is 0. The Bertz CT molecular complexity index is 327. The molecule has 1 aliphatic carbocycles. The van der Waals surface area contributed by atoms with Crippen LogP contribution in [0.15, 0.2) is 0 Å². The highest BCUT2D eigenvalue weighted by Crippen LogP contribution is 2.26. The molecule has 4 nitrogen and oxygen atoms in total. The fraction of sp³-hybridized carbons (Fsp3) is 0.700. The first-order chi connectivity index (χ1) is 6.68. The van der Waals surface area contributed by atoms with Crippen molar-refractivity contribution in [1.82, 2.24) is 14.7 Å². The highest BCUT2D eigenvalue weighted by atomic mass is 15.3. The van der Waals surface area contributed by atoms with Crippen LogP contribution in [0.5, 0.6) is 0 Å². The van der Waals surface area contributed by atoms with E-state index >= 15 is 0 Å². The molecule has 0 spiro atoms. The molecule has 0 saturated carbocycles. The molecule has 0 fully saturated rings. The van der Waals surface area contributed by atoms with Crippen molar-refractivity contribution in [2.45, 2.75) is 25.8 Å². The molecule has 1 aromatic rings. The molecule has 2 N–H and O–H groups in total.